The molecule has 2 fully saturated rings. The van der Waals surface area contributed by atoms with Gasteiger partial charge in [0.15, 0.2) is 7.20 Å². The molecule has 7 unspecified atom stereocenters. The molecule has 0 spiro atoms. The van der Waals surface area contributed by atoms with Crippen molar-refractivity contribution in [1.29, 1.82) is 0 Å². The minimum atomic E-state index is -2.10. The van der Waals surface area contributed by atoms with E-state index in [0.717, 1.165) is 22.4 Å². The third-order valence-electron chi connectivity index (χ3n) is 9.91. The average Bonchev–Trinajstić information content (AvgIpc) is 3.84. The lowest BCUT2D eigenvalue weighted by Gasteiger charge is -2.28. The zero-order valence-electron chi connectivity index (χ0n) is 33.5. The maximum absolute atomic E-state index is 15.0. The van der Waals surface area contributed by atoms with Gasteiger partial charge >= 0.3 is 11.9 Å². The monoisotopic (exact) mass is 724 g/mol. The Morgan fingerprint density at radius 1 is 0.962 bits per heavy atom. The van der Waals surface area contributed by atoms with Crippen LogP contribution in [0.1, 0.15) is 73.2 Å². The highest BCUT2D eigenvalue weighted by Crippen LogP contribution is 2.43. The van der Waals surface area contributed by atoms with Crippen molar-refractivity contribution < 1.29 is 43.0 Å². The first-order chi connectivity index (χ1) is 26.4. The molecule has 0 aliphatic carbocycles. The van der Waals surface area contributed by atoms with Gasteiger partial charge in [0.2, 0.25) is 5.91 Å². The highest BCUT2D eigenvalue weighted by Gasteiger charge is 2.43. The Bertz CT molecular complexity index is 2220. The van der Waals surface area contributed by atoms with Crippen LogP contribution >= 0.6 is 0 Å². The van der Waals surface area contributed by atoms with Gasteiger partial charge < -0.3 is 41.1 Å². The van der Waals surface area contributed by atoms with Gasteiger partial charge in [-0.1, -0.05) is 13.8 Å². The standard InChI is InChI=1S/C38H46F2N6O6/c1-5-28(41)37(49)34(32-15-23(16-43-32)51-18(3)47)33-26-10-8-21(40)12-31(26)45-36(33)35-27(25-9-7-20(39)11-30(25)44-35)14-22-13-24(52-19(4)48)17-46(22)38(50)29(42)6-2/h7-12,22-24,28-29,32,34,43-45H,5-6,13-17,41-42H2,1-4H3/i9D,32D/hD2. The van der Waals surface area contributed by atoms with Crippen LogP contribution in [0.5, 0.6) is 0 Å². The van der Waals surface area contributed by atoms with E-state index >= 15 is 4.39 Å². The van der Waals surface area contributed by atoms with Crippen molar-refractivity contribution >= 4 is 45.4 Å². The number of esters is 2. The van der Waals surface area contributed by atoms with Gasteiger partial charge in [0.25, 0.3) is 0 Å². The first kappa shape index (κ1) is 32.0. The fourth-order valence-electron chi connectivity index (χ4n) is 7.45. The van der Waals surface area contributed by atoms with Crippen LogP contribution in [0, 0.1) is 11.6 Å². The van der Waals surface area contributed by atoms with Crippen molar-refractivity contribution in [3.63, 3.8) is 0 Å². The summed E-state index contributed by atoms with van der Waals surface area (Å²) in [7, 11) is 0. The van der Waals surface area contributed by atoms with Crippen LogP contribution in [0.25, 0.3) is 33.2 Å². The number of ether oxygens (including phenoxy) is 2. The maximum atomic E-state index is 15.0. The van der Waals surface area contributed by atoms with Crippen LogP contribution in [-0.2, 0) is 35.1 Å². The summed E-state index contributed by atoms with van der Waals surface area (Å²) in [4.78, 5) is 57.9. The molecule has 7 atom stereocenters. The van der Waals surface area contributed by atoms with Crippen molar-refractivity contribution in [2.24, 2.45) is 11.5 Å². The summed E-state index contributed by atoms with van der Waals surface area (Å²) in [6.07, 6.45) is -1.33. The van der Waals surface area contributed by atoms with Gasteiger partial charge in [0.1, 0.15) is 25.3 Å². The van der Waals surface area contributed by atoms with Gasteiger partial charge in [-0.15, -0.1) is 0 Å². The number of aromatic nitrogens is 2. The molecule has 2 aromatic heterocycles. The number of nitrogens with one attached hydrogen (secondary N) is 3. The SMILES string of the molecule is [2H]c1cc(F)cc2c1c(CC1CC(OC(C)=O)CN1C(=O)C(N)CC)c(-c1[nH]c3cc(F)ccc3c1C(C(=O)C(N)CC)C1([2H])CC(OC(C)=O)CN1[2H])n2[2H]. The molecular formula is C38H46F2N6O6. The summed E-state index contributed by atoms with van der Waals surface area (Å²) in [6.45, 7) is 5.70. The Morgan fingerprint density at radius 2 is 1.63 bits per heavy atom. The summed E-state index contributed by atoms with van der Waals surface area (Å²) in [6, 6.07) is 0.737. The number of hydrogen-bond acceptors (Lipinski definition) is 9. The third-order valence-corrected chi connectivity index (χ3v) is 9.91. The Labute approximate surface area is 305 Å². The number of fused-ring (bicyclic) bond motifs is 2. The van der Waals surface area contributed by atoms with E-state index in [1.54, 1.807) is 13.8 Å². The number of nitrogens with two attached hydrogens (primary N) is 2. The molecule has 0 bridgehead atoms. The molecule has 0 saturated carbocycles. The molecule has 4 heterocycles. The van der Waals surface area contributed by atoms with Crippen molar-refractivity contribution in [3.05, 3.63) is 59.1 Å². The zero-order valence-corrected chi connectivity index (χ0v) is 29.5. The number of carbonyl (C=O) groups excluding carboxylic acids is 4. The molecule has 52 heavy (non-hydrogen) atoms. The predicted octanol–water partition coefficient (Wildman–Crippen LogP) is 4.09. The number of likely N-dealkylation sites (tertiary alicyclic amines) is 1. The molecular weight excluding hydrogens is 674 g/mol. The fourth-order valence-corrected chi connectivity index (χ4v) is 7.45. The number of carbonyl (C=O) groups is 4. The Morgan fingerprint density at radius 3 is 2.33 bits per heavy atom. The molecule has 2 aliphatic rings. The second-order valence-electron chi connectivity index (χ2n) is 13.6. The molecule has 278 valence electrons. The van der Waals surface area contributed by atoms with E-state index in [1.165, 1.54) is 36.9 Å². The lowest BCUT2D eigenvalue weighted by Crippen LogP contribution is -2.46. The molecule has 14 heteroatoms. The van der Waals surface area contributed by atoms with Gasteiger partial charge in [-0.2, -0.15) is 0 Å². The van der Waals surface area contributed by atoms with E-state index in [2.05, 4.69) is 4.98 Å². The summed E-state index contributed by atoms with van der Waals surface area (Å²) < 4.78 is 78.0. The summed E-state index contributed by atoms with van der Waals surface area (Å²) >= 11 is 0. The van der Waals surface area contributed by atoms with E-state index in [4.69, 9.17) is 23.7 Å². The normalized spacial score (nSPS) is 25.0. The minimum Gasteiger partial charge on any atom is -0.461 e. The molecule has 0 radical (unpaired) electrons. The quantitative estimate of drug-likeness (QED) is 0.134. The third kappa shape index (κ3) is 7.32. The number of Topliss-reactive ketones (excluding diaryl/α,β-unsaturated/α-hetero) is 1. The number of H-pyrrole nitrogens is 2. The number of halogens is 2. The van der Waals surface area contributed by atoms with Gasteiger partial charge in [-0.25, -0.2) is 8.78 Å². The number of benzene rings is 2. The van der Waals surface area contributed by atoms with Crippen LogP contribution in [0.2, 0.25) is 2.82 Å². The summed E-state index contributed by atoms with van der Waals surface area (Å²) in [5.41, 5.74) is 13.2. The number of rotatable bonds is 12. The first-order valence-corrected chi connectivity index (χ1v) is 17.5. The molecule has 1 amide bonds. The van der Waals surface area contributed by atoms with Crippen molar-refractivity contribution in [1.82, 2.24) is 20.2 Å². The zero-order chi connectivity index (χ0) is 41.0. The van der Waals surface area contributed by atoms with Crippen molar-refractivity contribution in [2.45, 2.75) is 102 Å². The Kier molecular flexibility index (Phi) is 9.32. The number of nitrogens with zero attached hydrogens (tertiary/aromatic N) is 1. The van der Waals surface area contributed by atoms with E-state index in [9.17, 15) is 26.4 Å². The molecule has 7 N–H and O–H groups in total. The van der Waals surface area contributed by atoms with Crippen LogP contribution in [-0.4, -0.2) is 87.9 Å². The Hall–Kier alpha value is -4.66. The Balaban J connectivity index is 1.65. The van der Waals surface area contributed by atoms with Crippen molar-refractivity contribution in [2.75, 3.05) is 13.1 Å². The van der Waals surface area contributed by atoms with Gasteiger partial charge in [-0.3, -0.25) is 19.2 Å². The van der Waals surface area contributed by atoms with Crippen LogP contribution < -0.4 is 16.8 Å². The van der Waals surface area contributed by atoms with E-state index in [1.807, 2.05) is 0 Å². The number of ketones is 1. The number of aromatic amines is 2. The summed E-state index contributed by atoms with van der Waals surface area (Å²) in [5, 5.41) is 1.29. The van der Waals surface area contributed by atoms with Gasteiger partial charge in [0, 0.05) is 68.5 Å². The molecule has 12 nitrogen and oxygen atoms in total. The number of amides is 1. The van der Waals surface area contributed by atoms with Crippen LogP contribution in [0.15, 0.2) is 36.4 Å². The minimum absolute atomic E-state index is 0.0198. The molecule has 6 rings (SSSR count). The lowest BCUT2D eigenvalue weighted by atomic mass is 9.81. The van der Waals surface area contributed by atoms with Crippen LogP contribution in [0.3, 0.4) is 0 Å². The summed E-state index contributed by atoms with van der Waals surface area (Å²) in [5.74, 6) is -5.23. The molecule has 2 aliphatic heterocycles. The largest absolute Gasteiger partial charge is 0.461 e. The molecule has 2 aromatic carbocycles. The fraction of sp³-hybridized carbons (Fsp3) is 0.474. The topological polar surface area (TPSA) is 186 Å². The number of hydrogen-bond donors (Lipinski definition) is 5. The van der Waals surface area contributed by atoms with E-state index in [0.29, 0.717) is 6.42 Å². The molecule has 4 aromatic rings. The second kappa shape index (κ2) is 15.1. The average molecular weight is 725 g/mol. The second-order valence-corrected chi connectivity index (χ2v) is 13.6. The molecule has 2 saturated heterocycles. The predicted molar refractivity (Wildman–Crippen MR) is 191 cm³/mol. The lowest BCUT2D eigenvalue weighted by molar-refractivity contribution is -0.147. The van der Waals surface area contributed by atoms with Crippen molar-refractivity contribution in [3.8, 4) is 11.4 Å². The smallest absolute Gasteiger partial charge is 0.302 e. The van der Waals surface area contributed by atoms with E-state index < -0.39 is 77.5 Å². The highest BCUT2D eigenvalue weighted by atomic mass is 19.1. The highest BCUT2D eigenvalue weighted by molar-refractivity contribution is 6.02. The maximum Gasteiger partial charge on any atom is 0.302 e. The van der Waals surface area contributed by atoms with Crippen LogP contribution in [0.4, 0.5) is 8.78 Å². The van der Waals surface area contributed by atoms with Gasteiger partial charge in [0.05, 0.1) is 37.3 Å². The first-order valence-electron chi connectivity index (χ1n) is 19.4. The van der Waals surface area contributed by atoms with Gasteiger partial charge in [-0.05, 0) is 66.8 Å². The van der Waals surface area contributed by atoms with E-state index in [-0.39, 0.29) is 89.1 Å².